The maximum atomic E-state index is 14.1. The monoisotopic (exact) mass is 418 g/mol. The first-order chi connectivity index (χ1) is 13.6. The van der Waals surface area contributed by atoms with Gasteiger partial charge in [0.05, 0.1) is 5.92 Å². The fourth-order valence-corrected chi connectivity index (χ4v) is 4.37. The molecule has 0 saturated heterocycles. The first-order valence-electron chi connectivity index (χ1n) is 8.74. The predicted octanol–water partition coefficient (Wildman–Crippen LogP) is 3.14. The third-order valence-corrected chi connectivity index (χ3v) is 6.25. The van der Waals surface area contributed by atoms with Crippen LogP contribution in [0.25, 0.3) is 0 Å². The van der Waals surface area contributed by atoms with E-state index < -0.39 is 24.0 Å². The highest BCUT2D eigenvalue weighted by Gasteiger charge is 2.48. The number of nitriles is 1. The molecule has 0 aliphatic carbocycles. The van der Waals surface area contributed by atoms with Crippen LogP contribution in [0.4, 0.5) is 8.78 Å². The highest BCUT2D eigenvalue weighted by atomic mass is 32.1. The number of nitrogens with zero attached hydrogens (tertiary/aromatic N) is 3. The number of hydrogen-bond donors (Lipinski definition) is 1. The lowest BCUT2D eigenvalue weighted by molar-refractivity contribution is -0.130. The Morgan fingerprint density at radius 1 is 1.34 bits per heavy atom. The minimum absolute atomic E-state index is 0.0592. The molecule has 0 fully saturated rings. The van der Waals surface area contributed by atoms with Crippen LogP contribution in [0.15, 0.2) is 41.4 Å². The Balaban J connectivity index is 2.09. The number of benzene rings is 1. The van der Waals surface area contributed by atoms with Crippen LogP contribution in [0.1, 0.15) is 33.7 Å². The van der Waals surface area contributed by atoms with Gasteiger partial charge in [0.1, 0.15) is 23.1 Å². The van der Waals surface area contributed by atoms with Crippen molar-refractivity contribution in [3.63, 3.8) is 0 Å². The van der Waals surface area contributed by atoms with Crippen molar-refractivity contribution in [3.05, 3.63) is 57.3 Å². The first kappa shape index (κ1) is 20.9. The van der Waals surface area contributed by atoms with Gasteiger partial charge in [0.15, 0.2) is 5.96 Å². The summed E-state index contributed by atoms with van der Waals surface area (Å²) in [4.78, 5) is 20.1. The third kappa shape index (κ3) is 3.61. The first-order valence-corrected chi connectivity index (χ1v) is 9.56. The number of rotatable bonds is 5. The Morgan fingerprint density at radius 3 is 2.55 bits per heavy atom. The zero-order chi connectivity index (χ0) is 21.4. The maximum absolute atomic E-state index is 14.1. The number of carbonyl (C=O) groups excluding carboxylic acids is 1. The summed E-state index contributed by atoms with van der Waals surface area (Å²) in [5.74, 6) is -4.16. The largest absolute Gasteiger partial charge is 0.378 e. The molecule has 3 rings (SSSR count). The number of amides is 1. The third-order valence-electron chi connectivity index (χ3n) is 5.04. The predicted molar refractivity (Wildman–Crippen MR) is 106 cm³/mol. The fraction of sp³-hybridized carbons (Fsp3) is 0.350. The van der Waals surface area contributed by atoms with Crippen molar-refractivity contribution >= 4 is 23.2 Å². The van der Waals surface area contributed by atoms with E-state index in [2.05, 4.69) is 15.8 Å². The van der Waals surface area contributed by atoms with Gasteiger partial charge in [-0.2, -0.15) is 14.0 Å². The molecule has 2 heterocycles. The molecule has 1 aliphatic heterocycles. The lowest BCUT2D eigenvalue weighted by Gasteiger charge is -2.40. The van der Waals surface area contributed by atoms with Gasteiger partial charge in [-0.05, 0) is 24.6 Å². The molecule has 1 aromatic carbocycles. The maximum Gasteiger partial charge on any atom is 0.296 e. The molecule has 1 aliphatic rings. The van der Waals surface area contributed by atoms with Crippen LogP contribution in [0.3, 0.4) is 0 Å². The number of alkyl halides is 2. The highest BCUT2D eigenvalue weighted by Crippen LogP contribution is 2.46. The van der Waals surface area contributed by atoms with Gasteiger partial charge in [0.2, 0.25) is 5.91 Å². The van der Waals surface area contributed by atoms with Crippen molar-refractivity contribution in [2.24, 2.45) is 10.7 Å². The van der Waals surface area contributed by atoms with Crippen molar-refractivity contribution in [1.29, 1.82) is 5.26 Å². The van der Waals surface area contributed by atoms with E-state index in [1.807, 2.05) is 0 Å². The summed E-state index contributed by atoms with van der Waals surface area (Å²) in [6.45, 7) is 1.03. The molecule has 0 radical (unpaired) electrons. The normalized spacial score (nSPS) is 22.3. The highest BCUT2D eigenvalue weighted by molar-refractivity contribution is 7.12. The minimum Gasteiger partial charge on any atom is -0.378 e. The number of aliphatic imine (C=N–C) groups is 1. The molecule has 2 N–H and O–H groups in total. The molecule has 0 spiro atoms. The number of ether oxygens (including phenoxy) is 1. The van der Waals surface area contributed by atoms with E-state index in [-0.39, 0.29) is 17.4 Å². The summed E-state index contributed by atoms with van der Waals surface area (Å²) in [6, 6.07) is 11.1. The summed E-state index contributed by atoms with van der Waals surface area (Å²) >= 11 is 1.22. The number of halogens is 2. The Kier molecular flexibility index (Phi) is 5.43. The van der Waals surface area contributed by atoms with E-state index in [4.69, 9.17) is 11.0 Å². The van der Waals surface area contributed by atoms with Crippen LogP contribution >= 0.6 is 11.3 Å². The quantitative estimate of drug-likeness (QED) is 0.808. The van der Waals surface area contributed by atoms with E-state index in [9.17, 15) is 13.6 Å². The molecule has 0 saturated carbocycles. The molecule has 1 amide bonds. The lowest BCUT2D eigenvalue weighted by Crippen LogP contribution is -2.52. The second-order valence-corrected chi connectivity index (χ2v) is 8.07. The van der Waals surface area contributed by atoms with Crippen molar-refractivity contribution in [2.45, 2.75) is 24.3 Å². The molecule has 0 bridgehead atoms. The zero-order valence-electron chi connectivity index (χ0n) is 16.1. The molecular weight excluding hydrogens is 398 g/mol. The molecule has 2 unspecified atom stereocenters. The van der Waals surface area contributed by atoms with Crippen LogP contribution in [0.5, 0.6) is 0 Å². The molecule has 29 heavy (non-hydrogen) atoms. The number of thiophene rings is 1. The molecule has 9 heteroatoms. The second-order valence-electron chi connectivity index (χ2n) is 6.98. The summed E-state index contributed by atoms with van der Waals surface area (Å²) < 4.78 is 32.8. The molecule has 1 aromatic heterocycles. The number of methoxy groups -OCH3 is 1. The number of hydrogen-bond acceptors (Lipinski definition) is 6. The number of carbonyl (C=O) groups is 1. The van der Waals surface area contributed by atoms with Gasteiger partial charge < -0.3 is 10.5 Å². The number of guanidine groups is 1. The van der Waals surface area contributed by atoms with Crippen LogP contribution in [0.2, 0.25) is 0 Å². The average molecular weight is 418 g/mol. The van der Waals surface area contributed by atoms with Gasteiger partial charge >= 0.3 is 0 Å². The SMILES string of the molecule is COCC(F)(F)c1ccc(C2C(=O)N(C)C(N)=NC2(C)c2ccc(C#N)s2)cc1. The van der Waals surface area contributed by atoms with E-state index in [0.717, 1.165) is 0 Å². The second kappa shape index (κ2) is 7.54. The van der Waals surface area contributed by atoms with Crippen molar-refractivity contribution < 1.29 is 18.3 Å². The van der Waals surface area contributed by atoms with Crippen LogP contribution < -0.4 is 5.73 Å². The minimum atomic E-state index is -3.14. The van der Waals surface area contributed by atoms with Gasteiger partial charge in [-0.3, -0.25) is 9.69 Å². The van der Waals surface area contributed by atoms with Gasteiger partial charge in [-0.25, -0.2) is 4.99 Å². The Labute approximate surface area is 171 Å². The van der Waals surface area contributed by atoms with Crippen molar-refractivity contribution in [3.8, 4) is 6.07 Å². The standard InChI is InChI=1S/C20H20F2N4O2S/c1-19(15-9-8-14(10-23)29-15)16(17(27)26(2)18(24)25-19)12-4-6-13(7-5-12)20(21,22)11-28-3/h4-9,16H,11H2,1-3H3,(H2,24,25). The van der Waals surface area contributed by atoms with E-state index in [1.54, 1.807) is 19.1 Å². The topological polar surface area (TPSA) is 91.7 Å². The average Bonchev–Trinajstić information content (AvgIpc) is 3.17. The lowest BCUT2D eigenvalue weighted by atomic mass is 9.77. The molecule has 2 aromatic rings. The van der Waals surface area contributed by atoms with Crippen LogP contribution in [-0.4, -0.2) is 37.5 Å². The summed E-state index contributed by atoms with van der Waals surface area (Å²) in [6.07, 6.45) is 0. The van der Waals surface area contributed by atoms with Crippen LogP contribution in [-0.2, 0) is 21.0 Å². The number of likely N-dealkylation sites (N-methyl/N-ethyl adjacent to an activating group) is 1. The van der Waals surface area contributed by atoms with Crippen molar-refractivity contribution in [1.82, 2.24) is 4.90 Å². The Hall–Kier alpha value is -2.83. The number of nitrogens with two attached hydrogens (primary N) is 1. The summed E-state index contributed by atoms with van der Waals surface area (Å²) in [5.41, 5.74) is 5.22. The van der Waals surface area contributed by atoms with Gasteiger partial charge in [-0.15, -0.1) is 11.3 Å². The van der Waals surface area contributed by atoms with Gasteiger partial charge in [0, 0.05) is 24.6 Å². The molecule has 6 nitrogen and oxygen atoms in total. The van der Waals surface area contributed by atoms with E-state index in [1.165, 1.54) is 54.7 Å². The molecule has 2 atom stereocenters. The van der Waals surface area contributed by atoms with E-state index >= 15 is 0 Å². The van der Waals surface area contributed by atoms with Crippen LogP contribution in [0, 0.1) is 11.3 Å². The summed E-state index contributed by atoms with van der Waals surface area (Å²) in [5, 5.41) is 9.16. The summed E-state index contributed by atoms with van der Waals surface area (Å²) in [7, 11) is 2.73. The van der Waals surface area contributed by atoms with Crippen molar-refractivity contribution in [2.75, 3.05) is 20.8 Å². The fourth-order valence-electron chi connectivity index (χ4n) is 3.44. The Morgan fingerprint density at radius 2 is 2.00 bits per heavy atom. The molecule has 152 valence electrons. The Bertz CT molecular complexity index is 997. The smallest absolute Gasteiger partial charge is 0.296 e. The molecular formula is C20H20F2N4O2S. The zero-order valence-corrected chi connectivity index (χ0v) is 17.0. The van der Waals surface area contributed by atoms with Gasteiger partial charge in [-0.1, -0.05) is 24.3 Å². The van der Waals surface area contributed by atoms with E-state index in [0.29, 0.717) is 15.3 Å². The van der Waals surface area contributed by atoms with Gasteiger partial charge in [0.25, 0.3) is 5.92 Å².